The van der Waals surface area contributed by atoms with Crippen LogP contribution in [-0.2, 0) is 19.3 Å². The highest BCUT2D eigenvalue weighted by atomic mass is 32.1. The van der Waals surface area contributed by atoms with Crippen molar-refractivity contribution < 1.29 is 5.11 Å². The molecule has 1 unspecified atom stereocenters. The molecule has 2 aromatic rings. The number of hydrogen-bond acceptors (Lipinski definition) is 4. The third-order valence-corrected chi connectivity index (χ3v) is 4.81. The molecule has 0 saturated heterocycles. The Kier molecular flexibility index (Phi) is 3.53. The van der Waals surface area contributed by atoms with Crippen LogP contribution in [0.1, 0.15) is 27.6 Å². The molecule has 0 amide bonds. The minimum Gasteiger partial charge on any atom is -0.508 e. The fourth-order valence-electron chi connectivity index (χ4n) is 2.61. The van der Waals surface area contributed by atoms with E-state index in [1.165, 1.54) is 17.0 Å². The van der Waals surface area contributed by atoms with Crippen molar-refractivity contribution in [1.82, 2.24) is 4.98 Å². The molecular weight excluding hydrogens is 256 g/mol. The Morgan fingerprint density at radius 3 is 3.11 bits per heavy atom. The van der Waals surface area contributed by atoms with Crippen molar-refractivity contribution >= 4 is 11.3 Å². The van der Waals surface area contributed by atoms with E-state index in [0.29, 0.717) is 11.7 Å². The standard InChI is InChI=1S/C15H18N2OS/c16-9-11-4-5-13-14(7-11)19-15(17-13)8-10-2-1-3-12(18)6-10/h1-3,6,11,18H,4-5,7-9,16H2. The van der Waals surface area contributed by atoms with Gasteiger partial charge in [0, 0.05) is 11.3 Å². The average molecular weight is 274 g/mol. The summed E-state index contributed by atoms with van der Waals surface area (Å²) >= 11 is 1.81. The lowest BCUT2D eigenvalue weighted by molar-refractivity contribution is 0.469. The van der Waals surface area contributed by atoms with Crippen LogP contribution in [0.2, 0.25) is 0 Å². The van der Waals surface area contributed by atoms with Crippen molar-refractivity contribution in [3.05, 3.63) is 45.4 Å². The SMILES string of the molecule is NCC1CCc2nc(Cc3cccc(O)c3)sc2C1. The number of phenolic OH excluding ortho intramolecular Hbond substituents is 1. The highest BCUT2D eigenvalue weighted by Crippen LogP contribution is 2.30. The summed E-state index contributed by atoms with van der Waals surface area (Å²) in [5.74, 6) is 0.948. The number of nitrogens with two attached hydrogens (primary N) is 1. The molecule has 4 heteroatoms. The second kappa shape index (κ2) is 5.31. The predicted octanol–water partition coefficient (Wildman–Crippen LogP) is 2.50. The van der Waals surface area contributed by atoms with Gasteiger partial charge in [-0.3, -0.25) is 0 Å². The van der Waals surface area contributed by atoms with Gasteiger partial charge in [0.05, 0.1) is 10.7 Å². The molecule has 100 valence electrons. The summed E-state index contributed by atoms with van der Waals surface area (Å²) in [6.45, 7) is 0.777. The topological polar surface area (TPSA) is 59.1 Å². The van der Waals surface area contributed by atoms with Crippen LogP contribution in [-0.4, -0.2) is 16.6 Å². The Morgan fingerprint density at radius 1 is 1.42 bits per heavy atom. The second-order valence-electron chi connectivity index (χ2n) is 5.17. The van der Waals surface area contributed by atoms with Gasteiger partial charge in [0.2, 0.25) is 0 Å². The van der Waals surface area contributed by atoms with Gasteiger partial charge < -0.3 is 10.8 Å². The number of nitrogens with zero attached hydrogens (tertiary/aromatic N) is 1. The van der Waals surface area contributed by atoms with E-state index < -0.39 is 0 Å². The third kappa shape index (κ3) is 2.80. The van der Waals surface area contributed by atoms with Crippen LogP contribution in [0.5, 0.6) is 5.75 Å². The molecule has 19 heavy (non-hydrogen) atoms. The molecule has 1 aromatic carbocycles. The summed E-state index contributed by atoms with van der Waals surface area (Å²) in [4.78, 5) is 6.15. The van der Waals surface area contributed by atoms with Gasteiger partial charge in [0.1, 0.15) is 5.75 Å². The molecule has 3 N–H and O–H groups in total. The van der Waals surface area contributed by atoms with E-state index in [1.807, 2.05) is 18.2 Å². The molecular formula is C15H18N2OS. The molecule has 3 rings (SSSR count). The molecule has 0 radical (unpaired) electrons. The van der Waals surface area contributed by atoms with Crippen LogP contribution in [0.25, 0.3) is 0 Å². The van der Waals surface area contributed by atoms with E-state index in [0.717, 1.165) is 36.4 Å². The summed E-state index contributed by atoms with van der Waals surface area (Å²) in [5.41, 5.74) is 8.14. The van der Waals surface area contributed by atoms with E-state index in [1.54, 1.807) is 17.4 Å². The number of rotatable bonds is 3. The largest absolute Gasteiger partial charge is 0.508 e. The molecule has 0 spiro atoms. The van der Waals surface area contributed by atoms with Crippen LogP contribution in [0.4, 0.5) is 0 Å². The lowest BCUT2D eigenvalue weighted by Crippen LogP contribution is -2.21. The van der Waals surface area contributed by atoms with E-state index in [2.05, 4.69) is 0 Å². The Labute approximate surface area is 117 Å². The molecule has 1 atom stereocenters. The normalized spacial score (nSPS) is 18.3. The van der Waals surface area contributed by atoms with Gasteiger partial charge in [0.15, 0.2) is 0 Å². The Hall–Kier alpha value is -1.39. The molecule has 1 aliphatic rings. The number of aromatic hydroxyl groups is 1. The maximum absolute atomic E-state index is 9.49. The monoisotopic (exact) mass is 274 g/mol. The summed E-state index contributed by atoms with van der Waals surface area (Å²) < 4.78 is 0. The number of aromatic nitrogens is 1. The minimum absolute atomic E-state index is 0.321. The summed E-state index contributed by atoms with van der Waals surface area (Å²) in [6.07, 6.45) is 4.12. The summed E-state index contributed by atoms with van der Waals surface area (Å²) in [7, 11) is 0. The van der Waals surface area contributed by atoms with Gasteiger partial charge in [-0.05, 0) is 49.4 Å². The molecule has 3 nitrogen and oxygen atoms in total. The number of fused-ring (bicyclic) bond motifs is 1. The maximum atomic E-state index is 9.49. The number of thiazole rings is 1. The molecule has 1 heterocycles. The van der Waals surface area contributed by atoms with Gasteiger partial charge in [-0.2, -0.15) is 0 Å². The van der Waals surface area contributed by atoms with E-state index in [4.69, 9.17) is 10.7 Å². The maximum Gasteiger partial charge on any atom is 0.115 e. The third-order valence-electron chi connectivity index (χ3n) is 3.69. The van der Waals surface area contributed by atoms with Crippen molar-refractivity contribution in [1.29, 1.82) is 0 Å². The lowest BCUT2D eigenvalue weighted by Gasteiger charge is -2.18. The molecule has 1 aromatic heterocycles. The first kappa shape index (κ1) is 12.6. The van der Waals surface area contributed by atoms with E-state index in [9.17, 15) is 5.11 Å². The Bertz CT molecular complexity index is 579. The number of aryl methyl sites for hydroxylation is 1. The van der Waals surface area contributed by atoms with Crippen LogP contribution >= 0.6 is 11.3 Å². The summed E-state index contributed by atoms with van der Waals surface area (Å²) in [6, 6.07) is 7.41. The van der Waals surface area contributed by atoms with Crippen molar-refractivity contribution in [2.24, 2.45) is 11.7 Å². The fraction of sp³-hybridized carbons (Fsp3) is 0.400. The molecule has 0 saturated carbocycles. The minimum atomic E-state index is 0.321. The quantitative estimate of drug-likeness (QED) is 0.904. The average Bonchev–Trinajstić information content (AvgIpc) is 2.79. The Balaban J connectivity index is 1.78. The van der Waals surface area contributed by atoms with Crippen LogP contribution < -0.4 is 5.73 Å². The first-order valence-electron chi connectivity index (χ1n) is 6.70. The number of benzene rings is 1. The van der Waals surface area contributed by atoms with E-state index >= 15 is 0 Å². The lowest BCUT2D eigenvalue weighted by atomic mass is 9.91. The van der Waals surface area contributed by atoms with Crippen molar-refractivity contribution in [3.8, 4) is 5.75 Å². The smallest absolute Gasteiger partial charge is 0.115 e. The number of hydrogen-bond donors (Lipinski definition) is 2. The van der Waals surface area contributed by atoms with Crippen LogP contribution in [0, 0.1) is 5.92 Å². The van der Waals surface area contributed by atoms with E-state index in [-0.39, 0.29) is 0 Å². The Morgan fingerprint density at radius 2 is 2.32 bits per heavy atom. The van der Waals surface area contributed by atoms with Gasteiger partial charge in [-0.1, -0.05) is 12.1 Å². The van der Waals surface area contributed by atoms with Crippen LogP contribution in [0.3, 0.4) is 0 Å². The zero-order valence-corrected chi connectivity index (χ0v) is 11.6. The van der Waals surface area contributed by atoms with Gasteiger partial charge in [0.25, 0.3) is 0 Å². The molecule has 0 aliphatic heterocycles. The molecule has 0 bridgehead atoms. The molecule has 1 aliphatic carbocycles. The van der Waals surface area contributed by atoms with Gasteiger partial charge >= 0.3 is 0 Å². The van der Waals surface area contributed by atoms with Crippen molar-refractivity contribution in [2.75, 3.05) is 6.54 Å². The van der Waals surface area contributed by atoms with Gasteiger partial charge in [-0.15, -0.1) is 11.3 Å². The predicted molar refractivity (Wildman–Crippen MR) is 77.6 cm³/mol. The fourth-order valence-corrected chi connectivity index (χ4v) is 3.88. The zero-order chi connectivity index (χ0) is 13.2. The zero-order valence-electron chi connectivity index (χ0n) is 10.8. The second-order valence-corrected chi connectivity index (χ2v) is 6.34. The number of phenols is 1. The van der Waals surface area contributed by atoms with Gasteiger partial charge in [-0.25, -0.2) is 4.98 Å². The van der Waals surface area contributed by atoms with Crippen LogP contribution in [0.15, 0.2) is 24.3 Å². The van der Waals surface area contributed by atoms with Crippen molar-refractivity contribution in [2.45, 2.75) is 25.7 Å². The molecule has 0 fully saturated rings. The first-order chi connectivity index (χ1) is 9.24. The summed E-state index contributed by atoms with van der Waals surface area (Å²) in [5, 5.41) is 10.6. The highest BCUT2D eigenvalue weighted by molar-refractivity contribution is 7.11. The highest BCUT2D eigenvalue weighted by Gasteiger charge is 2.21. The van der Waals surface area contributed by atoms with Crippen molar-refractivity contribution in [3.63, 3.8) is 0 Å². The first-order valence-corrected chi connectivity index (χ1v) is 7.51.